The molecule has 2 heterocycles. The summed E-state index contributed by atoms with van der Waals surface area (Å²) in [6, 6.07) is 1.87. The van der Waals surface area contributed by atoms with E-state index >= 15 is 0 Å². The monoisotopic (exact) mass is 268 g/mol. The SMILES string of the molecule is C/C(=C\C(=O)O)c1cnc2c(c1)CCC(=O)N2.Cl. The molecule has 0 atom stereocenters. The number of anilines is 1. The molecule has 0 aromatic carbocycles. The highest BCUT2D eigenvalue weighted by Gasteiger charge is 2.16. The average molecular weight is 269 g/mol. The van der Waals surface area contributed by atoms with Gasteiger partial charge in [0.25, 0.3) is 0 Å². The van der Waals surface area contributed by atoms with Gasteiger partial charge in [0.2, 0.25) is 5.91 Å². The molecule has 0 bridgehead atoms. The summed E-state index contributed by atoms with van der Waals surface area (Å²) >= 11 is 0. The van der Waals surface area contributed by atoms with E-state index in [2.05, 4.69) is 10.3 Å². The number of allylic oxidation sites excluding steroid dienone is 1. The van der Waals surface area contributed by atoms with Gasteiger partial charge in [-0.1, -0.05) is 0 Å². The smallest absolute Gasteiger partial charge is 0.328 e. The maximum atomic E-state index is 11.1. The normalized spacial score (nSPS) is 14.3. The third kappa shape index (κ3) is 3.07. The zero-order valence-corrected chi connectivity index (χ0v) is 10.6. The Bertz CT molecular complexity index is 526. The Kier molecular flexibility index (Phi) is 4.44. The van der Waals surface area contributed by atoms with Crippen LogP contribution in [0.4, 0.5) is 5.82 Å². The third-order valence-corrected chi connectivity index (χ3v) is 2.64. The Balaban J connectivity index is 0.00000162. The van der Waals surface area contributed by atoms with Crippen LogP contribution in [0.2, 0.25) is 0 Å². The summed E-state index contributed by atoms with van der Waals surface area (Å²) in [5.74, 6) is -0.433. The molecule has 0 radical (unpaired) electrons. The quantitative estimate of drug-likeness (QED) is 0.803. The number of aliphatic carboxylic acids is 1. The van der Waals surface area contributed by atoms with Crippen LogP contribution in [-0.4, -0.2) is 22.0 Å². The lowest BCUT2D eigenvalue weighted by Crippen LogP contribution is -2.20. The van der Waals surface area contributed by atoms with Gasteiger partial charge in [-0.15, -0.1) is 12.4 Å². The molecule has 2 N–H and O–H groups in total. The first kappa shape index (κ1) is 14.2. The summed E-state index contributed by atoms with van der Waals surface area (Å²) in [6.07, 6.45) is 3.80. The summed E-state index contributed by atoms with van der Waals surface area (Å²) in [6.45, 7) is 1.72. The fourth-order valence-corrected chi connectivity index (χ4v) is 1.74. The Labute approximate surface area is 110 Å². The van der Waals surface area contributed by atoms with Gasteiger partial charge < -0.3 is 10.4 Å². The maximum absolute atomic E-state index is 11.1. The Morgan fingerprint density at radius 1 is 1.50 bits per heavy atom. The zero-order valence-electron chi connectivity index (χ0n) is 9.77. The van der Waals surface area contributed by atoms with Gasteiger partial charge in [0.15, 0.2) is 0 Å². The lowest BCUT2D eigenvalue weighted by Gasteiger charge is -2.16. The molecule has 1 amide bonds. The number of carbonyl (C=O) groups excluding carboxylic acids is 1. The second kappa shape index (κ2) is 5.64. The van der Waals surface area contributed by atoms with Crippen LogP contribution in [0.25, 0.3) is 5.57 Å². The molecule has 5 nitrogen and oxygen atoms in total. The topological polar surface area (TPSA) is 79.3 Å². The first-order valence-electron chi connectivity index (χ1n) is 5.26. The predicted octanol–water partition coefficient (Wildman–Crippen LogP) is 1.88. The van der Waals surface area contributed by atoms with E-state index in [-0.39, 0.29) is 18.3 Å². The molecule has 0 aliphatic carbocycles. The van der Waals surface area contributed by atoms with Gasteiger partial charge in [0.1, 0.15) is 5.82 Å². The average Bonchev–Trinajstić information content (AvgIpc) is 2.27. The number of rotatable bonds is 2. The van der Waals surface area contributed by atoms with Crippen LogP contribution in [0.5, 0.6) is 0 Å². The van der Waals surface area contributed by atoms with Crippen molar-refractivity contribution in [2.45, 2.75) is 19.8 Å². The minimum Gasteiger partial charge on any atom is -0.478 e. The van der Waals surface area contributed by atoms with Gasteiger partial charge in [-0.2, -0.15) is 0 Å². The van der Waals surface area contributed by atoms with E-state index in [1.807, 2.05) is 6.07 Å². The van der Waals surface area contributed by atoms with Crippen molar-refractivity contribution in [1.29, 1.82) is 0 Å². The number of nitrogens with zero attached hydrogens (tertiary/aromatic N) is 1. The van der Waals surface area contributed by atoms with E-state index < -0.39 is 5.97 Å². The number of carboxylic acid groups (broad SMARTS) is 1. The van der Waals surface area contributed by atoms with Gasteiger partial charge >= 0.3 is 5.97 Å². The second-order valence-corrected chi connectivity index (χ2v) is 3.95. The predicted molar refractivity (Wildman–Crippen MR) is 69.7 cm³/mol. The summed E-state index contributed by atoms with van der Waals surface area (Å²) in [5, 5.41) is 11.3. The van der Waals surface area contributed by atoms with Crippen molar-refractivity contribution >= 4 is 35.7 Å². The van der Waals surface area contributed by atoms with Crippen LogP contribution < -0.4 is 5.32 Å². The van der Waals surface area contributed by atoms with Gasteiger partial charge in [0, 0.05) is 18.7 Å². The molecular weight excluding hydrogens is 256 g/mol. The minimum atomic E-state index is -0.978. The highest BCUT2D eigenvalue weighted by molar-refractivity contribution is 5.93. The van der Waals surface area contributed by atoms with Crippen molar-refractivity contribution in [3.8, 4) is 0 Å². The standard InChI is InChI=1S/C12H12N2O3.ClH/c1-7(4-11(16)17)9-5-8-2-3-10(15)14-12(8)13-6-9;/h4-6H,2-3H2,1H3,(H,16,17)(H,13,14,15);1H/b7-4+;. The molecular formula is C12H13ClN2O3. The molecule has 96 valence electrons. The van der Waals surface area contributed by atoms with Crippen LogP contribution in [0.15, 0.2) is 18.3 Å². The van der Waals surface area contributed by atoms with E-state index in [0.717, 1.165) is 17.2 Å². The van der Waals surface area contributed by atoms with E-state index in [4.69, 9.17) is 5.11 Å². The van der Waals surface area contributed by atoms with Crippen molar-refractivity contribution in [2.75, 3.05) is 5.32 Å². The number of hydrogen-bond acceptors (Lipinski definition) is 3. The number of aryl methyl sites for hydroxylation is 1. The van der Waals surface area contributed by atoms with E-state index in [9.17, 15) is 9.59 Å². The lowest BCUT2D eigenvalue weighted by atomic mass is 10.0. The number of nitrogens with one attached hydrogen (secondary N) is 1. The van der Waals surface area contributed by atoms with E-state index in [1.54, 1.807) is 13.1 Å². The first-order valence-corrected chi connectivity index (χ1v) is 5.26. The highest BCUT2D eigenvalue weighted by atomic mass is 35.5. The van der Waals surface area contributed by atoms with Gasteiger partial charge in [-0.25, -0.2) is 9.78 Å². The number of amides is 1. The lowest BCUT2D eigenvalue weighted by molar-refractivity contribution is -0.131. The molecule has 1 aromatic rings. The van der Waals surface area contributed by atoms with Crippen LogP contribution in [0.1, 0.15) is 24.5 Å². The number of carboxylic acids is 1. The largest absolute Gasteiger partial charge is 0.478 e. The molecule has 18 heavy (non-hydrogen) atoms. The van der Waals surface area contributed by atoms with Crippen LogP contribution in [0.3, 0.4) is 0 Å². The Hall–Kier alpha value is -1.88. The number of carbonyl (C=O) groups is 2. The minimum absolute atomic E-state index is 0. The summed E-state index contributed by atoms with van der Waals surface area (Å²) in [5.41, 5.74) is 2.35. The first-order chi connectivity index (χ1) is 8.06. The summed E-state index contributed by atoms with van der Waals surface area (Å²) < 4.78 is 0. The van der Waals surface area contributed by atoms with Crippen molar-refractivity contribution in [2.24, 2.45) is 0 Å². The summed E-state index contributed by atoms with van der Waals surface area (Å²) in [4.78, 5) is 25.8. The Morgan fingerprint density at radius 3 is 2.89 bits per heavy atom. The van der Waals surface area contributed by atoms with Crippen LogP contribution in [0, 0.1) is 0 Å². The fraction of sp³-hybridized carbons (Fsp3) is 0.250. The third-order valence-electron chi connectivity index (χ3n) is 2.64. The van der Waals surface area contributed by atoms with Crippen molar-refractivity contribution in [3.63, 3.8) is 0 Å². The maximum Gasteiger partial charge on any atom is 0.328 e. The van der Waals surface area contributed by atoms with E-state index in [0.29, 0.717) is 24.2 Å². The molecule has 0 unspecified atom stereocenters. The number of halogens is 1. The van der Waals surface area contributed by atoms with Crippen molar-refractivity contribution < 1.29 is 14.7 Å². The van der Waals surface area contributed by atoms with Crippen LogP contribution >= 0.6 is 12.4 Å². The molecule has 0 fully saturated rings. The van der Waals surface area contributed by atoms with Crippen molar-refractivity contribution in [1.82, 2.24) is 4.98 Å². The van der Waals surface area contributed by atoms with E-state index in [1.165, 1.54) is 0 Å². The molecule has 1 aliphatic heterocycles. The molecule has 2 rings (SSSR count). The van der Waals surface area contributed by atoms with Crippen LogP contribution in [-0.2, 0) is 16.0 Å². The Morgan fingerprint density at radius 2 is 2.22 bits per heavy atom. The molecule has 1 aromatic heterocycles. The number of aromatic nitrogens is 1. The van der Waals surface area contributed by atoms with Gasteiger partial charge in [-0.3, -0.25) is 4.79 Å². The molecule has 0 saturated carbocycles. The zero-order chi connectivity index (χ0) is 12.4. The molecule has 1 aliphatic rings. The number of fused-ring (bicyclic) bond motifs is 1. The fourth-order valence-electron chi connectivity index (χ4n) is 1.74. The molecule has 0 saturated heterocycles. The number of hydrogen-bond donors (Lipinski definition) is 2. The molecule has 0 spiro atoms. The van der Waals surface area contributed by atoms with Gasteiger partial charge in [0.05, 0.1) is 0 Å². The van der Waals surface area contributed by atoms with Crippen molar-refractivity contribution in [3.05, 3.63) is 29.5 Å². The van der Waals surface area contributed by atoms with Gasteiger partial charge in [-0.05, 0) is 36.1 Å². The second-order valence-electron chi connectivity index (χ2n) is 3.95. The highest BCUT2D eigenvalue weighted by Crippen LogP contribution is 2.23. The summed E-state index contributed by atoms with van der Waals surface area (Å²) in [7, 11) is 0. The number of pyridine rings is 1. The molecule has 6 heteroatoms.